The molecule has 1 aliphatic rings. The number of hydrogen-bond donors (Lipinski definition) is 2. The molecule has 1 aromatic rings. The van der Waals surface area contributed by atoms with E-state index < -0.39 is 0 Å². The lowest BCUT2D eigenvalue weighted by molar-refractivity contribution is 0.136. The molecule has 3 N–H and O–H groups in total. The van der Waals surface area contributed by atoms with Gasteiger partial charge in [-0.3, -0.25) is 0 Å². The van der Waals surface area contributed by atoms with Gasteiger partial charge in [-0.05, 0) is 25.0 Å². The average molecular weight is 250 g/mol. The van der Waals surface area contributed by atoms with Crippen LogP contribution in [0.3, 0.4) is 0 Å². The number of benzene rings is 1. The summed E-state index contributed by atoms with van der Waals surface area (Å²) in [6, 6.07) is 5.99. The van der Waals surface area contributed by atoms with Crippen LogP contribution in [-0.4, -0.2) is 31.4 Å². The summed E-state index contributed by atoms with van der Waals surface area (Å²) in [5.74, 6) is 1.20. The van der Waals surface area contributed by atoms with Gasteiger partial charge in [0.15, 0.2) is 0 Å². The molecule has 1 heterocycles. The van der Waals surface area contributed by atoms with Crippen molar-refractivity contribution in [3.8, 4) is 5.75 Å². The molecule has 0 amide bonds. The first-order chi connectivity index (χ1) is 8.65. The zero-order valence-corrected chi connectivity index (χ0v) is 11.1. The van der Waals surface area contributed by atoms with Gasteiger partial charge >= 0.3 is 0 Å². The van der Waals surface area contributed by atoms with Gasteiger partial charge < -0.3 is 20.5 Å². The maximum Gasteiger partial charge on any atom is 0.120 e. The van der Waals surface area contributed by atoms with E-state index in [1.54, 1.807) is 7.11 Å². The number of nitrogens with zero attached hydrogens (tertiary/aromatic N) is 1. The van der Waals surface area contributed by atoms with Crippen molar-refractivity contribution in [1.82, 2.24) is 0 Å². The van der Waals surface area contributed by atoms with E-state index in [0.717, 1.165) is 36.5 Å². The smallest absolute Gasteiger partial charge is 0.120 e. The van der Waals surface area contributed by atoms with E-state index in [2.05, 4.69) is 4.90 Å². The van der Waals surface area contributed by atoms with Crippen molar-refractivity contribution in [3.63, 3.8) is 0 Å². The molecule has 1 aliphatic heterocycles. The molecule has 1 fully saturated rings. The van der Waals surface area contributed by atoms with Crippen LogP contribution < -0.4 is 15.4 Å². The first-order valence-corrected chi connectivity index (χ1v) is 6.45. The topological polar surface area (TPSA) is 58.7 Å². The van der Waals surface area contributed by atoms with Crippen molar-refractivity contribution in [2.24, 2.45) is 11.7 Å². The predicted octanol–water partition coefficient (Wildman–Crippen LogP) is 1.36. The highest BCUT2D eigenvalue weighted by Crippen LogP contribution is 2.31. The lowest BCUT2D eigenvalue weighted by atomic mass is 10.0. The fraction of sp³-hybridized carbons (Fsp3) is 0.571. The van der Waals surface area contributed by atoms with E-state index in [9.17, 15) is 5.11 Å². The maximum atomic E-state index is 9.67. The van der Waals surface area contributed by atoms with E-state index in [-0.39, 0.29) is 6.10 Å². The fourth-order valence-electron chi connectivity index (χ4n) is 2.54. The second kappa shape index (κ2) is 5.59. The zero-order chi connectivity index (χ0) is 13.1. The van der Waals surface area contributed by atoms with Crippen LogP contribution in [0.5, 0.6) is 5.75 Å². The van der Waals surface area contributed by atoms with Crippen LogP contribution >= 0.6 is 0 Å². The van der Waals surface area contributed by atoms with E-state index in [1.165, 1.54) is 0 Å². The first-order valence-electron chi connectivity index (χ1n) is 6.45. The highest BCUT2D eigenvalue weighted by atomic mass is 16.5. The van der Waals surface area contributed by atoms with E-state index in [4.69, 9.17) is 10.5 Å². The summed E-state index contributed by atoms with van der Waals surface area (Å²) in [7, 11) is 1.67. The van der Waals surface area contributed by atoms with Gasteiger partial charge in [-0.1, -0.05) is 6.07 Å². The van der Waals surface area contributed by atoms with E-state index in [0.29, 0.717) is 12.5 Å². The van der Waals surface area contributed by atoms with Crippen molar-refractivity contribution in [3.05, 3.63) is 23.8 Å². The van der Waals surface area contributed by atoms with Crippen molar-refractivity contribution in [1.29, 1.82) is 0 Å². The highest BCUT2D eigenvalue weighted by Gasteiger charge is 2.27. The summed E-state index contributed by atoms with van der Waals surface area (Å²) in [5.41, 5.74) is 8.05. The van der Waals surface area contributed by atoms with Crippen LogP contribution in [0, 0.1) is 5.92 Å². The molecule has 2 rings (SSSR count). The standard InChI is InChI=1S/C14H22N2O2/c1-10(17)12-5-6-16(9-12)14-7-13(18-2)4-3-11(14)8-15/h3-4,7,10,12,17H,5-6,8-9,15H2,1-2H3. The Morgan fingerprint density at radius 1 is 1.56 bits per heavy atom. The van der Waals surface area contributed by atoms with Crippen molar-refractivity contribution in [2.45, 2.75) is 26.0 Å². The maximum absolute atomic E-state index is 9.67. The van der Waals surface area contributed by atoms with Crippen molar-refractivity contribution >= 4 is 5.69 Å². The van der Waals surface area contributed by atoms with Gasteiger partial charge in [-0.15, -0.1) is 0 Å². The molecule has 0 aromatic heterocycles. The van der Waals surface area contributed by atoms with Crippen LogP contribution in [0.1, 0.15) is 18.9 Å². The molecule has 4 nitrogen and oxygen atoms in total. The van der Waals surface area contributed by atoms with Gasteiger partial charge in [0.1, 0.15) is 5.75 Å². The third-order valence-corrected chi connectivity index (χ3v) is 3.76. The lowest BCUT2D eigenvalue weighted by Crippen LogP contribution is -2.25. The zero-order valence-electron chi connectivity index (χ0n) is 11.1. The molecule has 0 bridgehead atoms. The van der Waals surface area contributed by atoms with Crippen LogP contribution in [0.2, 0.25) is 0 Å². The van der Waals surface area contributed by atoms with E-state index in [1.807, 2.05) is 25.1 Å². The first kappa shape index (κ1) is 13.2. The van der Waals surface area contributed by atoms with Crippen LogP contribution in [0.4, 0.5) is 5.69 Å². The van der Waals surface area contributed by atoms with Gasteiger partial charge in [0.2, 0.25) is 0 Å². The molecule has 0 aliphatic carbocycles. The molecular formula is C14H22N2O2. The van der Waals surface area contributed by atoms with Crippen molar-refractivity contribution < 1.29 is 9.84 Å². The summed E-state index contributed by atoms with van der Waals surface area (Å²) in [5, 5.41) is 9.67. The predicted molar refractivity (Wildman–Crippen MR) is 72.9 cm³/mol. The number of nitrogens with two attached hydrogens (primary N) is 1. The van der Waals surface area contributed by atoms with Crippen molar-refractivity contribution in [2.75, 3.05) is 25.1 Å². The fourth-order valence-corrected chi connectivity index (χ4v) is 2.54. The molecule has 100 valence electrons. The quantitative estimate of drug-likeness (QED) is 0.847. The average Bonchev–Trinajstić information content (AvgIpc) is 2.87. The number of aliphatic hydroxyl groups excluding tert-OH is 1. The molecule has 1 saturated heterocycles. The Balaban J connectivity index is 2.22. The SMILES string of the molecule is COc1ccc(CN)c(N2CCC(C(C)O)C2)c1. The molecule has 1 aromatic carbocycles. The highest BCUT2D eigenvalue weighted by molar-refractivity contribution is 5.58. The number of ether oxygens (including phenoxy) is 1. The molecule has 4 heteroatoms. The van der Waals surface area contributed by atoms with Crippen LogP contribution in [0.15, 0.2) is 18.2 Å². The number of hydrogen-bond acceptors (Lipinski definition) is 4. The van der Waals surface area contributed by atoms with Gasteiger partial charge in [-0.2, -0.15) is 0 Å². The number of aliphatic hydroxyl groups is 1. The molecule has 2 unspecified atom stereocenters. The summed E-state index contributed by atoms with van der Waals surface area (Å²) in [4.78, 5) is 2.29. The Labute approximate surface area is 108 Å². The minimum Gasteiger partial charge on any atom is -0.497 e. The molecular weight excluding hydrogens is 228 g/mol. The number of anilines is 1. The largest absolute Gasteiger partial charge is 0.497 e. The molecule has 2 atom stereocenters. The third-order valence-electron chi connectivity index (χ3n) is 3.76. The second-order valence-corrected chi connectivity index (χ2v) is 4.93. The Morgan fingerprint density at radius 2 is 2.33 bits per heavy atom. The summed E-state index contributed by atoms with van der Waals surface area (Å²) in [6.45, 7) is 4.24. The molecule has 0 spiro atoms. The Hall–Kier alpha value is -1.26. The minimum atomic E-state index is -0.248. The van der Waals surface area contributed by atoms with E-state index >= 15 is 0 Å². The minimum absolute atomic E-state index is 0.248. The summed E-state index contributed by atoms with van der Waals surface area (Å²) in [6.07, 6.45) is 0.778. The normalized spacial score (nSPS) is 21.1. The summed E-state index contributed by atoms with van der Waals surface area (Å²) < 4.78 is 5.27. The van der Waals surface area contributed by atoms with Gasteiger partial charge in [0.25, 0.3) is 0 Å². The molecule has 0 radical (unpaired) electrons. The van der Waals surface area contributed by atoms with Gasteiger partial charge in [0, 0.05) is 37.3 Å². The second-order valence-electron chi connectivity index (χ2n) is 4.93. The Bertz CT molecular complexity index is 407. The Kier molecular flexibility index (Phi) is 4.09. The lowest BCUT2D eigenvalue weighted by Gasteiger charge is -2.23. The van der Waals surface area contributed by atoms with Crippen LogP contribution in [0.25, 0.3) is 0 Å². The Morgan fingerprint density at radius 3 is 2.89 bits per heavy atom. The monoisotopic (exact) mass is 250 g/mol. The number of rotatable bonds is 4. The van der Waals surface area contributed by atoms with Crippen LogP contribution in [-0.2, 0) is 6.54 Å². The van der Waals surface area contributed by atoms with Gasteiger partial charge in [0.05, 0.1) is 13.2 Å². The third kappa shape index (κ3) is 2.60. The molecule has 18 heavy (non-hydrogen) atoms. The van der Waals surface area contributed by atoms with Gasteiger partial charge in [-0.25, -0.2) is 0 Å². The summed E-state index contributed by atoms with van der Waals surface area (Å²) >= 11 is 0. The number of methoxy groups -OCH3 is 1. The molecule has 0 saturated carbocycles.